The van der Waals surface area contributed by atoms with Crippen LogP contribution in [0.5, 0.6) is 0 Å². The molecule has 2 N–H and O–H groups in total. The number of likely N-dealkylation sites (tertiary alicyclic amines) is 1. The molecule has 222 valence electrons. The number of rotatable bonds is 10. The Morgan fingerprint density at radius 1 is 1.14 bits per heavy atom. The smallest absolute Gasteiger partial charge is 0.326 e. The molecule has 0 bridgehead atoms. The number of carbonyl (C=O) groups is 3. The summed E-state index contributed by atoms with van der Waals surface area (Å²) in [6.45, 7) is 0.771. The summed E-state index contributed by atoms with van der Waals surface area (Å²) < 4.78 is 5.78. The molecule has 10 heteroatoms. The third-order valence-corrected chi connectivity index (χ3v) is 9.58. The largest absolute Gasteiger partial charge is 0.480 e. The Morgan fingerprint density at radius 3 is 2.45 bits per heavy atom. The summed E-state index contributed by atoms with van der Waals surface area (Å²) in [7, 11) is 1.55. The predicted molar refractivity (Wildman–Crippen MR) is 169 cm³/mol. The van der Waals surface area contributed by atoms with Gasteiger partial charge in [0.15, 0.2) is 0 Å². The molecule has 1 aliphatic carbocycles. The zero-order chi connectivity index (χ0) is 30.3. The van der Waals surface area contributed by atoms with Gasteiger partial charge in [0.05, 0.1) is 15.6 Å². The molecular weight excluding hydrogens is 595 g/mol. The quantitative estimate of drug-likeness (QED) is 0.235. The molecule has 2 atom stereocenters. The molecule has 0 radical (unpaired) electrons. The van der Waals surface area contributed by atoms with Crippen LogP contribution in [0.4, 0.5) is 0 Å². The highest BCUT2D eigenvalue weighted by Crippen LogP contribution is 2.35. The number of carboxylic acid groups (broad SMARTS) is 1. The molecule has 0 saturated carbocycles. The van der Waals surface area contributed by atoms with Crippen LogP contribution < -0.4 is 5.32 Å². The first-order valence-electron chi connectivity index (χ1n) is 13.7. The number of thioether (sulfide) groups is 1. The molecule has 2 aromatic carbocycles. The van der Waals surface area contributed by atoms with Crippen molar-refractivity contribution in [3.8, 4) is 0 Å². The number of nitrogens with one attached hydrogen (secondary N) is 1. The fourth-order valence-electron chi connectivity index (χ4n) is 5.19. The van der Waals surface area contributed by atoms with Crippen molar-refractivity contribution in [1.82, 2.24) is 10.2 Å². The summed E-state index contributed by atoms with van der Waals surface area (Å²) in [6.07, 6.45) is 12.3. The lowest BCUT2D eigenvalue weighted by Gasteiger charge is -2.35. The molecule has 2 aliphatic rings. The van der Waals surface area contributed by atoms with E-state index in [1.165, 1.54) is 17.8 Å². The molecule has 2 amide bonds. The van der Waals surface area contributed by atoms with Crippen molar-refractivity contribution >= 4 is 64.4 Å². The number of amides is 2. The number of aliphatic carboxylic acids is 1. The molecule has 7 nitrogen and oxygen atoms in total. The highest BCUT2D eigenvalue weighted by atomic mass is 35.5. The Hall–Kier alpha value is -3.04. The molecule has 1 saturated heterocycles. The van der Waals surface area contributed by atoms with E-state index in [9.17, 15) is 19.5 Å². The number of carbonyl (C=O) groups excluding carboxylic acids is 2. The Bertz CT molecular complexity index is 1400. The van der Waals surface area contributed by atoms with Gasteiger partial charge in [-0.15, -0.1) is 11.8 Å². The van der Waals surface area contributed by atoms with Gasteiger partial charge in [0.2, 0.25) is 11.8 Å². The number of halogens is 2. The van der Waals surface area contributed by atoms with Crippen LogP contribution in [0.25, 0.3) is 11.6 Å². The lowest BCUT2D eigenvalue weighted by atomic mass is 9.84. The van der Waals surface area contributed by atoms with Gasteiger partial charge in [-0.2, -0.15) is 0 Å². The third kappa shape index (κ3) is 7.67. The van der Waals surface area contributed by atoms with Crippen LogP contribution in [0, 0.1) is 5.92 Å². The van der Waals surface area contributed by atoms with E-state index < -0.39 is 23.5 Å². The summed E-state index contributed by atoms with van der Waals surface area (Å²) in [5.74, 6) is -2.02. The minimum absolute atomic E-state index is 0.0896. The molecule has 1 aliphatic heterocycles. The van der Waals surface area contributed by atoms with Crippen LogP contribution in [-0.4, -0.2) is 65.9 Å². The van der Waals surface area contributed by atoms with Crippen molar-refractivity contribution in [3.05, 3.63) is 87.9 Å². The molecule has 1 heterocycles. The van der Waals surface area contributed by atoms with Crippen LogP contribution in [-0.2, 0) is 19.1 Å². The van der Waals surface area contributed by atoms with Crippen LogP contribution >= 0.6 is 35.0 Å². The Morgan fingerprint density at radius 2 is 1.86 bits per heavy atom. The lowest BCUT2D eigenvalue weighted by Crippen LogP contribution is -2.50. The molecule has 1 fully saturated rings. The van der Waals surface area contributed by atoms with E-state index in [-0.39, 0.29) is 18.2 Å². The monoisotopic (exact) mass is 628 g/mol. The topological polar surface area (TPSA) is 95.9 Å². The maximum Gasteiger partial charge on any atom is 0.326 e. The molecular formula is C32H34Cl2N2O5S. The first-order valence-corrected chi connectivity index (χ1v) is 15.7. The van der Waals surface area contributed by atoms with Crippen molar-refractivity contribution in [3.63, 3.8) is 0 Å². The van der Waals surface area contributed by atoms with Crippen LogP contribution in [0.3, 0.4) is 0 Å². The van der Waals surface area contributed by atoms with Crippen molar-refractivity contribution < 1.29 is 24.2 Å². The molecule has 4 rings (SSSR count). The van der Waals surface area contributed by atoms with Gasteiger partial charge in [-0.05, 0) is 54.4 Å². The van der Waals surface area contributed by atoms with E-state index in [1.807, 2.05) is 66.9 Å². The summed E-state index contributed by atoms with van der Waals surface area (Å²) >= 11 is 14.1. The highest BCUT2D eigenvalue weighted by Gasteiger charge is 2.37. The fraction of sp³-hybridized carbons (Fsp3) is 0.344. The maximum atomic E-state index is 13.1. The van der Waals surface area contributed by atoms with Crippen LogP contribution in [0.1, 0.15) is 36.8 Å². The van der Waals surface area contributed by atoms with Gasteiger partial charge < -0.3 is 20.1 Å². The molecule has 2 aromatic rings. The van der Waals surface area contributed by atoms with Crippen molar-refractivity contribution in [1.29, 1.82) is 0 Å². The number of nitrogens with zero attached hydrogens (tertiary/aromatic N) is 1. The second-order valence-electron chi connectivity index (χ2n) is 10.4. The van der Waals surface area contributed by atoms with Gasteiger partial charge in [0, 0.05) is 43.5 Å². The second-order valence-corrected chi connectivity index (χ2v) is 12.0. The average molecular weight is 630 g/mol. The standard InChI is InChI=1S/C32H34Cl2N2O5S/c1-41-32(16-12-22(13-17-32)21-6-4-3-5-7-21)20-25(31(39)40)35-30(38)24-14-18-36(19-15-24)27(37)11-9-23-8-10-26(42-2)29(34)28(23)33/h3-13,16,24-25H,14-15,17-20H2,1-2H3,(H,35,38)(H,39,40). The van der Waals surface area contributed by atoms with E-state index in [1.54, 1.807) is 18.1 Å². The van der Waals surface area contributed by atoms with Gasteiger partial charge in [-0.25, -0.2) is 4.79 Å². The Balaban J connectivity index is 1.31. The maximum absolute atomic E-state index is 13.1. The minimum atomic E-state index is -1.12. The van der Waals surface area contributed by atoms with Crippen molar-refractivity contribution in [2.75, 3.05) is 26.5 Å². The zero-order valence-electron chi connectivity index (χ0n) is 23.5. The second kappa shape index (κ2) is 14.4. The van der Waals surface area contributed by atoms with Gasteiger partial charge in [0.1, 0.15) is 6.04 Å². The number of hydrogen-bond acceptors (Lipinski definition) is 5. The van der Waals surface area contributed by atoms with Gasteiger partial charge >= 0.3 is 5.97 Å². The van der Waals surface area contributed by atoms with Crippen molar-refractivity contribution in [2.24, 2.45) is 5.92 Å². The summed E-state index contributed by atoms with van der Waals surface area (Å²) in [5.41, 5.74) is 1.91. The number of ether oxygens (including phenoxy) is 1. The van der Waals surface area contributed by atoms with E-state index in [4.69, 9.17) is 27.9 Å². The minimum Gasteiger partial charge on any atom is -0.480 e. The van der Waals surface area contributed by atoms with E-state index in [0.29, 0.717) is 48.0 Å². The van der Waals surface area contributed by atoms with Gasteiger partial charge in [-0.1, -0.05) is 77.8 Å². The first-order chi connectivity index (χ1) is 20.2. The number of benzene rings is 2. The number of allylic oxidation sites excluding steroid dienone is 2. The third-order valence-electron chi connectivity index (χ3n) is 7.79. The Labute approximate surface area is 260 Å². The Kier molecular flexibility index (Phi) is 11.0. The molecule has 0 spiro atoms. The SMILES string of the molecule is COC1(CC(NC(=O)C2CCN(C(=O)C=Cc3ccc(SC)c(Cl)c3Cl)CC2)C(=O)O)C=CC(c2ccccc2)=CC1. The van der Waals surface area contributed by atoms with Gasteiger partial charge in [-0.3, -0.25) is 9.59 Å². The van der Waals surface area contributed by atoms with Crippen LogP contribution in [0.2, 0.25) is 10.0 Å². The van der Waals surface area contributed by atoms with E-state index >= 15 is 0 Å². The summed E-state index contributed by atoms with van der Waals surface area (Å²) in [6, 6.07) is 12.5. The number of carboxylic acids is 1. The van der Waals surface area contributed by atoms with Crippen molar-refractivity contribution in [2.45, 2.75) is 42.2 Å². The van der Waals surface area contributed by atoms with E-state index in [0.717, 1.165) is 16.0 Å². The normalized spacial score (nSPS) is 19.9. The zero-order valence-corrected chi connectivity index (χ0v) is 25.8. The first kappa shape index (κ1) is 31.9. The molecule has 2 unspecified atom stereocenters. The summed E-state index contributed by atoms with van der Waals surface area (Å²) in [4.78, 5) is 40.6. The highest BCUT2D eigenvalue weighted by molar-refractivity contribution is 7.98. The number of piperidine rings is 1. The molecule has 0 aromatic heterocycles. The molecule has 42 heavy (non-hydrogen) atoms. The fourth-order valence-corrected chi connectivity index (χ4v) is 6.36. The van der Waals surface area contributed by atoms with Crippen LogP contribution in [0.15, 0.2) is 71.7 Å². The average Bonchev–Trinajstić information content (AvgIpc) is 3.02. The van der Waals surface area contributed by atoms with Gasteiger partial charge in [0.25, 0.3) is 0 Å². The summed E-state index contributed by atoms with van der Waals surface area (Å²) in [5, 5.41) is 13.5. The lowest BCUT2D eigenvalue weighted by molar-refractivity contribution is -0.144. The van der Waals surface area contributed by atoms with E-state index in [2.05, 4.69) is 5.32 Å². The number of methoxy groups -OCH3 is 1. The predicted octanol–water partition coefficient (Wildman–Crippen LogP) is 6.36. The number of hydrogen-bond donors (Lipinski definition) is 2.